The van der Waals surface area contributed by atoms with E-state index < -0.39 is 0 Å². The number of allylic oxidation sites excluding steroid dienone is 6. The van der Waals surface area contributed by atoms with Crippen LogP contribution in [0.5, 0.6) is 0 Å². The van der Waals surface area contributed by atoms with Crippen molar-refractivity contribution in [1.82, 2.24) is 10.2 Å². The molecule has 0 aromatic rings. The second kappa shape index (κ2) is 9.95. The van der Waals surface area contributed by atoms with Gasteiger partial charge in [-0.25, -0.2) is 0 Å². The summed E-state index contributed by atoms with van der Waals surface area (Å²) in [4.78, 5) is 5.97. The van der Waals surface area contributed by atoms with Gasteiger partial charge in [0, 0.05) is 26.0 Å². The summed E-state index contributed by atoms with van der Waals surface area (Å²) < 4.78 is 0. The summed E-state index contributed by atoms with van der Waals surface area (Å²) in [7, 11) is 3.92. The Kier molecular flexibility index (Phi) is 8.88. The summed E-state index contributed by atoms with van der Waals surface area (Å²) in [5, 5.41) is 3.18. The molecule has 3 heteroatoms. The molecule has 0 aliphatic rings. The third-order valence-electron chi connectivity index (χ3n) is 2.19. The van der Waals surface area contributed by atoms with E-state index in [1.165, 1.54) is 0 Å². The lowest BCUT2D eigenvalue weighted by molar-refractivity contribution is 0.562. The summed E-state index contributed by atoms with van der Waals surface area (Å²) in [6.45, 7) is 11.5. The van der Waals surface area contributed by atoms with Gasteiger partial charge in [-0.3, -0.25) is 4.99 Å². The lowest BCUT2D eigenvalue weighted by Gasteiger charge is -2.13. The molecule has 1 atom stereocenters. The maximum absolute atomic E-state index is 4.03. The summed E-state index contributed by atoms with van der Waals surface area (Å²) in [6, 6.07) is 0. The molecule has 0 aliphatic heterocycles. The molecule has 0 fully saturated rings. The molecular formula is C16H25N3. The van der Waals surface area contributed by atoms with Crippen molar-refractivity contribution >= 4 is 6.72 Å². The molecule has 0 aliphatic carbocycles. The smallest absolute Gasteiger partial charge is 0.137 e. The highest BCUT2D eigenvalue weighted by Gasteiger charge is 2.00. The third kappa shape index (κ3) is 9.65. The highest BCUT2D eigenvalue weighted by molar-refractivity contribution is 5.29. The van der Waals surface area contributed by atoms with Crippen LogP contribution in [0.25, 0.3) is 0 Å². The highest BCUT2D eigenvalue weighted by atomic mass is 15.1. The number of hydrogen-bond donors (Lipinski definition) is 1. The summed E-state index contributed by atoms with van der Waals surface area (Å²) in [6.07, 6.45) is 13.6. The zero-order valence-electron chi connectivity index (χ0n) is 12.4. The SMILES string of the molecule is C=NC(\C=C(C)/C=C\C=C/C)NC(=C)/C=C\N(C)C. The maximum atomic E-state index is 4.03. The molecular weight excluding hydrogens is 234 g/mol. The first kappa shape index (κ1) is 17.0. The van der Waals surface area contributed by atoms with E-state index in [4.69, 9.17) is 0 Å². The Labute approximate surface area is 117 Å². The first-order valence-electron chi connectivity index (χ1n) is 6.23. The molecule has 3 nitrogen and oxygen atoms in total. The second-order valence-corrected chi connectivity index (χ2v) is 4.37. The van der Waals surface area contributed by atoms with Crippen LogP contribution in [-0.2, 0) is 0 Å². The summed E-state index contributed by atoms with van der Waals surface area (Å²) >= 11 is 0. The van der Waals surface area contributed by atoms with Crippen LogP contribution in [-0.4, -0.2) is 31.9 Å². The zero-order chi connectivity index (χ0) is 14.7. The standard InChI is InChI=1S/C16H25N3/c1-7-8-9-10-14(2)13-16(17-4)18-15(3)11-12-19(5)6/h7-13,16,18H,3-4H2,1-2,5-6H3/b8-7-,10-9-,12-11-,14-13-. The molecule has 1 unspecified atom stereocenters. The van der Waals surface area contributed by atoms with Gasteiger partial charge in [0.15, 0.2) is 0 Å². The number of nitrogens with zero attached hydrogens (tertiary/aromatic N) is 2. The number of hydrogen-bond acceptors (Lipinski definition) is 3. The molecule has 0 heterocycles. The Bertz CT molecular complexity index is 398. The predicted octanol–water partition coefficient (Wildman–Crippen LogP) is 3.27. The minimum absolute atomic E-state index is 0.172. The van der Waals surface area contributed by atoms with E-state index in [0.29, 0.717) is 0 Å². The molecule has 0 rings (SSSR count). The molecule has 0 radical (unpaired) electrons. The van der Waals surface area contributed by atoms with Gasteiger partial charge in [-0.1, -0.05) is 36.5 Å². The first-order chi connectivity index (χ1) is 8.99. The molecule has 0 aromatic heterocycles. The fourth-order valence-electron chi connectivity index (χ4n) is 1.24. The topological polar surface area (TPSA) is 27.6 Å². The molecule has 0 amide bonds. The average Bonchev–Trinajstić information content (AvgIpc) is 2.35. The van der Waals surface area contributed by atoms with E-state index in [-0.39, 0.29) is 6.17 Å². The fraction of sp³-hybridized carbons (Fsp3) is 0.312. The normalized spacial score (nSPS) is 14.2. The Morgan fingerprint density at radius 3 is 2.47 bits per heavy atom. The molecule has 1 N–H and O–H groups in total. The molecule has 0 bridgehead atoms. The Hall–Kier alpha value is -2.03. The van der Waals surface area contributed by atoms with Crippen LogP contribution in [0.1, 0.15) is 13.8 Å². The largest absolute Gasteiger partial charge is 0.383 e. The van der Waals surface area contributed by atoms with Crippen LogP contribution in [0.3, 0.4) is 0 Å². The predicted molar refractivity (Wildman–Crippen MR) is 86.2 cm³/mol. The Balaban J connectivity index is 4.54. The summed E-state index contributed by atoms with van der Waals surface area (Å²) in [5.74, 6) is 0. The van der Waals surface area contributed by atoms with E-state index in [0.717, 1.165) is 11.3 Å². The van der Waals surface area contributed by atoms with Gasteiger partial charge in [0.05, 0.1) is 0 Å². The Morgan fingerprint density at radius 2 is 1.95 bits per heavy atom. The van der Waals surface area contributed by atoms with Crippen LogP contribution in [0.4, 0.5) is 0 Å². The quantitative estimate of drug-likeness (QED) is 0.535. The lowest BCUT2D eigenvalue weighted by Crippen LogP contribution is -2.23. The van der Waals surface area contributed by atoms with Gasteiger partial charge < -0.3 is 10.2 Å². The van der Waals surface area contributed by atoms with Crippen LogP contribution >= 0.6 is 0 Å². The van der Waals surface area contributed by atoms with Gasteiger partial charge in [0.25, 0.3) is 0 Å². The van der Waals surface area contributed by atoms with Gasteiger partial charge in [0.2, 0.25) is 0 Å². The van der Waals surface area contributed by atoms with Crippen LogP contribution in [0.15, 0.2) is 65.5 Å². The lowest BCUT2D eigenvalue weighted by atomic mass is 10.2. The number of rotatable bonds is 8. The van der Waals surface area contributed by atoms with Crippen molar-refractivity contribution in [3.8, 4) is 0 Å². The van der Waals surface area contributed by atoms with E-state index in [9.17, 15) is 0 Å². The van der Waals surface area contributed by atoms with E-state index in [1.54, 1.807) is 0 Å². The van der Waals surface area contributed by atoms with Crippen LogP contribution in [0, 0.1) is 0 Å². The average molecular weight is 259 g/mol. The van der Waals surface area contributed by atoms with Crippen molar-refractivity contribution in [2.24, 2.45) is 4.99 Å². The van der Waals surface area contributed by atoms with Crippen molar-refractivity contribution in [2.45, 2.75) is 20.0 Å². The first-order valence-corrected chi connectivity index (χ1v) is 6.23. The molecule has 0 saturated heterocycles. The van der Waals surface area contributed by atoms with E-state index in [1.807, 2.05) is 75.5 Å². The second-order valence-electron chi connectivity index (χ2n) is 4.37. The van der Waals surface area contributed by atoms with Gasteiger partial charge in [-0.2, -0.15) is 0 Å². The molecule has 0 aromatic carbocycles. The van der Waals surface area contributed by atoms with Crippen LogP contribution < -0.4 is 5.32 Å². The van der Waals surface area contributed by atoms with Crippen molar-refractivity contribution < 1.29 is 0 Å². The maximum Gasteiger partial charge on any atom is 0.137 e. The minimum Gasteiger partial charge on any atom is -0.383 e. The van der Waals surface area contributed by atoms with E-state index >= 15 is 0 Å². The van der Waals surface area contributed by atoms with Crippen LogP contribution in [0.2, 0.25) is 0 Å². The van der Waals surface area contributed by atoms with Gasteiger partial charge in [0.1, 0.15) is 6.17 Å². The fourth-order valence-corrected chi connectivity index (χ4v) is 1.24. The molecule has 19 heavy (non-hydrogen) atoms. The zero-order valence-corrected chi connectivity index (χ0v) is 12.4. The molecule has 104 valence electrons. The van der Waals surface area contributed by atoms with Crippen molar-refractivity contribution in [2.75, 3.05) is 14.1 Å². The van der Waals surface area contributed by atoms with Gasteiger partial charge in [-0.05, 0) is 32.7 Å². The minimum atomic E-state index is -0.172. The Morgan fingerprint density at radius 1 is 1.26 bits per heavy atom. The monoisotopic (exact) mass is 259 g/mol. The van der Waals surface area contributed by atoms with Gasteiger partial charge in [-0.15, -0.1) is 0 Å². The number of aliphatic imine (C=N–C) groups is 1. The third-order valence-corrected chi connectivity index (χ3v) is 2.19. The summed E-state index contributed by atoms with van der Waals surface area (Å²) in [5.41, 5.74) is 1.92. The van der Waals surface area contributed by atoms with E-state index in [2.05, 4.69) is 23.6 Å². The molecule has 0 spiro atoms. The van der Waals surface area contributed by atoms with Crippen molar-refractivity contribution in [1.29, 1.82) is 0 Å². The highest BCUT2D eigenvalue weighted by Crippen LogP contribution is 2.02. The molecule has 0 saturated carbocycles. The van der Waals surface area contributed by atoms with Crippen molar-refractivity contribution in [3.63, 3.8) is 0 Å². The van der Waals surface area contributed by atoms with Gasteiger partial charge >= 0.3 is 0 Å². The van der Waals surface area contributed by atoms with Crippen molar-refractivity contribution in [3.05, 3.63) is 60.5 Å². The number of nitrogens with one attached hydrogen (secondary N) is 1.